The lowest BCUT2D eigenvalue weighted by Crippen LogP contribution is -2.39. The molecule has 1 aliphatic heterocycles. The molecule has 0 radical (unpaired) electrons. The summed E-state index contributed by atoms with van der Waals surface area (Å²) in [5.41, 5.74) is 0.172. The van der Waals surface area contributed by atoms with Crippen molar-refractivity contribution in [3.05, 3.63) is 53.6 Å². The number of phenols is 1. The fourth-order valence-corrected chi connectivity index (χ4v) is 2.59. The quantitative estimate of drug-likeness (QED) is 0.629. The maximum absolute atomic E-state index is 11.0. The van der Waals surface area contributed by atoms with Crippen LogP contribution in [-0.2, 0) is 0 Å². The number of carboxylic acids is 1. The molecule has 2 aromatic carbocycles. The topological polar surface area (TPSA) is 108 Å². The summed E-state index contributed by atoms with van der Waals surface area (Å²) >= 11 is 0. The molecule has 0 spiro atoms. The number of ether oxygens (including phenoxy) is 2. The van der Waals surface area contributed by atoms with Crippen LogP contribution in [0.3, 0.4) is 0 Å². The molecule has 4 N–H and O–H groups in total. The van der Waals surface area contributed by atoms with Crippen LogP contribution < -0.4 is 14.8 Å². The molecular formula is C18H19NO6. The first-order valence-electron chi connectivity index (χ1n) is 7.88. The normalized spacial score (nSPS) is 17.1. The summed E-state index contributed by atoms with van der Waals surface area (Å²) in [7, 11) is 0. The maximum Gasteiger partial charge on any atom is 0.339 e. The van der Waals surface area contributed by atoms with Crippen LogP contribution >= 0.6 is 0 Å². The highest BCUT2D eigenvalue weighted by Gasteiger charge is 2.21. The Bertz CT molecular complexity index is 763. The number of aliphatic hydroxyl groups excluding tert-OH is 1. The molecule has 0 saturated carbocycles. The van der Waals surface area contributed by atoms with Crippen molar-refractivity contribution in [1.29, 1.82) is 0 Å². The van der Waals surface area contributed by atoms with Gasteiger partial charge in [0.2, 0.25) is 0 Å². The van der Waals surface area contributed by atoms with E-state index in [0.29, 0.717) is 30.2 Å². The zero-order chi connectivity index (χ0) is 17.8. The Morgan fingerprint density at radius 3 is 2.76 bits per heavy atom. The summed E-state index contributed by atoms with van der Waals surface area (Å²) in [6, 6.07) is 11.4. The van der Waals surface area contributed by atoms with Gasteiger partial charge in [-0.25, -0.2) is 4.79 Å². The Labute approximate surface area is 144 Å². The first kappa shape index (κ1) is 17.1. The van der Waals surface area contributed by atoms with Crippen molar-refractivity contribution < 1.29 is 29.6 Å². The maximum atomic E-state index is 11.0. The Hall–Kier alpha value is -2.77. The summed E-state index contributed by atoms with van der Waals surface area (Å²) in [6.07, 6.45) is -1.09. The van der Waals surface area contributed by atoms with Crippen molar-refractivity contribution in [1.82, 2.24) is 5.32 Å². The molecule has 7 heteroatoms. The number of carbonyl (C=O) groups is 1. The number of aromatic hydroxyl groups is 1. The molecule has 2 unspecified atom stereocenters. The van der Waals surface area contributed by atoms with Gasteiger partial charge in [-0.05, 0) is 29.8 Å². The molecule has 2 aromatic rings. The van der Waals surface area contributed by atoms with E-state index in [0.717, 1.165) is 0 Å². The number of nitrogens with one attached hydrogen (secondary N) is 1. The third-order valence-electron chi connectivity index (χ3n) is 3.91. The second-order valence-electron chi connectivity index (χ2n) is 5.75. The molecule has 25 heavy (non-hydrogen) atoms. The number of rotatable bonds is 6. The van der Waals surface area contributed by atoms with E-state index in [9.17, 15) is 15.0 Å². The highest BCUT2D eigenvalue weighted by atomic mass is 16.6. The second-order valence-corrected chi connectivity index (χ2v) is 5.75. The Morgan fingerprint density at radius 2 is 2.00 bits per heavy atom. The van der Waals surface area contributed by atoms with Crippen LogP contribution in [0.5, 0.6) is 17.2 Å². The number of para-hydroxylation sites is 2. The summed E-state index contributed by atoms with van der Waals surface area (Å²) < 4.78 is 11.4. The Kier molecular flexibility index (Phi) is 5.06. The van der Waals surface area contributed by atoms with Crippen LogP contribution in [0.25, 0.3) is 0 Å². The number of benzene rings is 2. The molecule has 7 nitrogen and oxygen atoms in total. The lowest BCUT2D eigenvalue weighted by molar-refractivity contribution is 0.0693. The van der Waals surface area contributed by atoms with Crippen LogP contribution in [0.2, 0.25) is 0 Å². The smallest absolute Gasteiger partial charge is 0.339 e. The fraction of sp³-hybridized carbons (Fsp3) is 0.278. The minimum absolute atomic E-state index is 0.184. The zero-order valence-electron chi connectivity index (χ0n) is 13.4. The van der Waals surface area contributed by atoms with Gasteiger partial charge in [-0.15, -0.1) is 0 Å². The molecular weight excluding hydrogens is 326 g/mol. The largest absolute Gasteiger partial charge is 0.507 e. The third kappa shape index (κ3) is 4.01. The van der Waals surface area contributed by atoms with Crippen molar-refractivity contribution in [2.75, 3.05) is 19.7 Å². The minimum atomic E-state index is -1.24. The van der Waals surface area contributed by atoms with Crippen LogP contribution in [-0.4, -0.2) is 47.1 Å². The van der Waals surface area contributed by atoms with Gasteiger partial charge < -0.3 is 30.1 Å². The van der Waals surface area contributed by atoms with Gasteiger partial charge in [0.15, 0.2) is 11.5 Å². The van der Waals surface area contributed by atoms with Crippen LogP contribution in [0.15, 0.2) is 42.5 Å². The van der Waals surface area contributed by atoms with Crippen LogP contribution in [0.4, 0.5) is 0 Å². The van der Waals surface area contributed by atoms with E-state index in [4.69, 9.17) is 14.6 Å². The van der Waals surface area contributed by atoms with Crippen LogP contribution in [0.1, 0.15) is 22.0 Å². The molecule has 2 atom stereocenters. The number of hydrogen-bond acceptors (Lipinski definition) is 6. The molecule has 0 aromatic heterocycles. The molecule has 0 amide bonds. The summed E-state index contributed by atoms with van der Waals surface area (Å²) in [5.74, 6) is -0.177. The average Bonchev–Trinajstić information content (AvgIpc) is 2.61. The highest BCUT2D eigenvalue weighted by molar-refractivity contribution is 5.90. The Balaban J connectivity index is 1.53. The standard InChI is InChI=1S/C18H19NO6/c20-14-6-5-11(7-13(14)18(22)23)15(21)9-19-8-12-10-24-16-3-1-2-4-17(16)25-12/h1-7,12,15,19-21H,8-10H2,(H,22,23). The highest BCUT2D eigenvalue weighted by Crippen LogP contribution is 2.30. The molecule has 0 saturated heterocycles. The molecule has 1 heterocycles. The average molecular weight is 345 g/mol. The first-order chi connectivity index (χ1) is 12.0. The lowest BCUT2D eigenvalue weighted by atomic mass is 10.0. The number of fused-ring (bicyclic) bond motifs is 1. The third-order valence-corrected chi connectivity index (χ3v) is 3.91. The molecule has 0 fully saturated rings. The molecule has 0 bridgehead atoms. The molecule has 1 aliphatic rings. The van der Waals surface area contributed by atoms with Crippen LogP contribution in [0, 0.1) is 0 Å². The summed E-state index contributed by atoms with van der Waals surface area (Å²) in [5, 5.41) is 31.8. The molecule has 132 valence electrons. The predicted molar refractivity (Wildman–Crippen MR) is 89.2 cm³/mol. The van der Waals surface area contributed by atoms with Gasteiger partial charge in [0, 0.05) is 13.1 Å². The van der Waals surface area contributed by atoms with Crippen molar-refractivity contribution >= 4 is 5.97 Å². The lowest BCUT2D eigenvalue weighted by Gasteiger charge is -2.27. The van der Waals surface area contributed by atoms with E-state index >= 15 is 0 Å². The zero-order valence-corrected chi connectivity index (χ0v) is 13.4. The van der Waals surface area contributed by atoms with Gasteiger partial charge in [-0.1, -0.05) is 18.2 Å². The van der Waals surface area contributed by atoms with Gasteiger partial charge in [0.05, 0.1) is 6.10 Å². The van der Waals surface area contributed by atoms with E-state index in [-0.39, 0.29) is 24.0 Å². The second kappa shape index (κ2) is 7.42. The number of carboxylic acid groups (broad SMARTS) is 1. The van der Waals surface area contributed by atoms with Crippen molar-refractivity contribution in [3.63, 3.8) is 0 Å². The first-order valence-corrected chi connectivity index (χ1v) is 7.88. The minimum Gasteiger partial charge on any atom is -0.507 e. The van der Waals surface area contributed by atoms with Gasteiger partial charge in [-0.3, -0.25) is 0 Å². The monoisotopic (exact) mass is 345 g/mol. The fourth-order valence-electron chi connectivity index (χ4n) is 2.59. The number of hydrogen-bond donors (Lipinski definition) is 4. The van der Waals surface area contributed by atoms with Gasteiger partial charge >= 0.3 is 5.97 Å². The van der Waals surface area contributed by atoms with E-state index in [1.54, 1.807) is 0 Å². The molecule has 3 rings (SSSR count). The SMILES string of the molecule is O=C(O)c1cc(C(O)CNCC2COc3ccccc3O2)ccc1O. The van der Waals surface area contributed by atoms with Gasteiger partial charge in [0.25, 0.3) is 0 Å². The van der Waals surface area contributed by atoms with Gasteiger partial charge in [0.1, 0.15) is 24.0 Å². The predicted octanol–water partition coefficient (Wildman–Crippen LogP) is 1.55. The summed E-state index contributed by atoms with van der Waals surface area (Å²) in [4.78, 5) is 11.0. The van der Waals surface area contributed by atoms with E-state index in [2.05, 4.69) is 5.32 Å². The van der Waals surface area contributed by atoms with Crippen molar-refractivity contribution in [3.8, 4) is 17.2 Å². The number of aliphatic hydroxyl groups is 1. The van der Waals surface area contributed by atoms with Crippen molar-refractivity contribution in [2.45, 2.75) is 12.2 Å². The Morgan fingerprint density at radius 1 is 1.24 bits per heavy atom. The van der Waals surface area contributed by atoms with E-state index < -0.39 is 12.1 Å². The van der Waals surface area contributed by atoms with E-state index in [1.165, 1.54) is 18.2 Å². The molecule has 0 aliphatic carbocycles. The van der Waals surface area contributed by atoms with E-state index in [1.807, 2.05) is 24.3 Å². The summed E-state index contributed by atoms with van der Waals surface area (Å²) in [6.45, 7) is 1.09. The van der Waals surface area contributed by atoms with Crippen molar-refractivity contribution in [2.24, 2.45) is 0 Å². The van der Waals surface area contributed by atoms with Gasteiger partial charge in [-0.2, -0.15) is 0 Å². The number of aromatic carboxylic acids is 1.